The van der Waals surface area contributed by atoms with Gasteiger partial charge >= 0.3 is 5.97 Å². The Balaban J connectivity index is 1.43. The van der Waals surface area contributed by atoms with Crippen LogP contribution in [0.15, 0.2) is 84.2 Å². The van der Waals surface area contributed by atoms with Crippen LogP contribution in [0.2, 0.25) is 0 Å². The van der Waals surface area contributed by atoms with Gasteiger partial charge in [-0.25, -0.2) is 4.79 Å². The molecule has 0 saturated carbocycles. The summed E-state index contributed by atoms with van der Waals surface area (Å²) < 4.78 is 16.1. The second-order valence-corrected chi connectivity index (χ2v) is 8.41. The first-order valence-electron chi connectivity index (χ1n) is 11.1. The Morgan fingerprint density at radius 3 is 2.03 bits per heavy atom. The summed E-state index contributed by atoms with van der Waals surface area (Å²) in [6, 6.07) is 25.0. The normalized spacial score (nSPS) is 10.5. The molecule has 6 nitrogen and oxygen atoms in total. The number of hydrogen-bond acceptors (Lipinski definition) is 6. The van der Waals surface area contributed by atoms with Crippen LogP contribution in [0.5, 0.6) is 11.5 Å². The number of hydrogen-bond donors (Lipinski definition) is 1. The second-order valence-electron chi connectivity index (χ2n) is 7.53. The molecule has 0 atom stereocenters. The van der Waals surface area contributed by atoms with Crippen LogP contribution in [0.4, 0.5) is 5.00 Å². The number of carbonyl (C=O) groups is 2. The number of methoxy groups -OCH3 is 1. The minimum absolute atomic E-state index is 0.193. The predicted molar refractivity (Wildman–Crippen MR) is 138 cm³/mol. The van der Waals surface area contributed by atoms with E-state index in [0.29, 0.717) is 28.5 Å². The zero-order valence-electron chi connectivity index (χ0n) is 19.4. The van der Waals surface area contributed by atoms with Gasteiger partial charge in [0.2, 0.25) is 0 Å². The third-order valence-corrected chi connectivity index (χ3v) is 6.14. The van der Waals surface area contributed by atoms with E-state index in [1.807, 2.05) is 91.2 Å². The molecule has 1 heterocycles. The minimum atomic E-state index is -0.525. The van der Waals surface area contributed by atoms with E-state index in [4.69, 9.17) is 14.2 Å². The standard InChI is InChI=1S/C28H25NO5S/c1-3-33-22-15-11-21(12-16-22)24-18-35-27(26(24)28(31)32-2)29-25(30)17-34-23-13-9-20(10-14-23)19-7-5-4-6-8-19/h4-16,18H,3,17H2,1-2H3,(H,29,30). The van der Waals surface area contributed by atoms with Crippen molar-refractivity contribution >= 4 is 28.2 Å². The number of thiophene rings is 1. The van der Waals surface area contributed by atoms with Crippen LogP contribution in [0.3, 0.4) is 0 Å². The van der Waals surface area contributed by atoms with Crippen LogP contribution >= 0.6 is 11.3 Å². The van der Waals surface area contributed by atoms with Crippen molar-refractivity contribution in [3.8, 4) is 33.8 Å². The van der Waals surface area contributed by atoms with E-state index in [1.165, 1.54) is 18.4 Å². The first-order chi connectivity index (χ1) is 17.1. The molecule has 0 aliphatic rings. The average Bonchev–Trinajstić information content (AvgIpc) is 3.32. The van der Waals surface area contributed by atoms with Crippen LogP contribution in [0, 0.1) is 0 Å². The smallest absolute Gasteiger partial charge is 0.341 e. The Bertz CT molecular complexity index is 1280. The van der Waals surface area contributed by atoms with E-state index in [-0.39, 0.29) is 12.5 Å². The fourth-order valence-corrected chi connectivity index (χ4v) is 4.52. The third kappa shape index (κ3) is 5.88. The zero-order chi connectivity index (χ0) is 24.6. The minimum Gasteiger partial charge on any atom is -0.494 e. The van der Waals surface area contributed by atoms with E-state index < -0.39 is 5.97 Å². The first kappa shape index (κ1) is 24.0. The third-order valence-electron chi connectivity index (χ3n) is 5.24. The number of esters is 1. The number of nitrogens with one attached hydrogen (secondary N) is 1. The highest BCUT2D eigenvalue weighted by atomic mass is 32.1. The summed E-state index contributed by atoms with van der Waals surface area (Å²) in [6.45, 7) is 2.29. The fourth-order valence-electron chi connectivity index (χ4n) is 3.55. The summed E-state index contributed by atoms with van der Waals surface area (Å²) in [7, 11) is 1.32. The molecule has 1 aromatic heterocycles. The van der Waals surface area contributed by atoms with Gasteiger partial charge in [0, 0.05) is 10.9 Å². The second kappa shape index (κ2) is 11.4. The lowest BCUT2D eigenvalue weighted by atomic mass is 10.0. The summed E-state index contributed by atoms with van der Waals surface area (Å²) in [5.41, 5.74) is 3.97. The van der Waals surface area contributed by atoms with E-state index in [1.54, 1.807) is 0 Å². The Kier molecular flexibility index (Phi) is 7.80. The van der Waals surface area contributed by atoms with E-state index in [9.17, 15) is 9.59 Å². The molecule has 0 fully saturated rings. The summed E-state index contributed by atoms with van der Waals surface area (Å²) in [4.78, 5) is 25.1. The molecule has 0 saturated heterocycles. The lowest BCUT2D eigenvalue weighted by Gasteiger charge is -2.10. The molecule has 0 unspecified atom stereocenters. The molecule has 0 aliphatic carbocycles. The summed E-state index contributed by atoms with van der Waals surface area (Å²) in [5.74, 6) is 0.424. The van der Waals surface area contributed by atoms with Crippen molar-refractivity contribution in [2.45, 2.75) is 6.92 Å². The maximum absolute atomic E-state index is 12.6. The highest BCUT2D eigenvalue weighted by Gasteiger charge is 2.22. The van der Waals surface area contributed by atoms with Crippen LogP contribution in [-0.2, 0) is 9.53 Å². The van der Waals surface area contributed by atoms with E-state index >= 15 is 0 Å². The van der Waals surface area contributed by atoms with Crippen LogP contribution < -0.4 is 14.8 Å². The van der Waals surface area contributed by atoms with Crippen molar-refractivity contribution in [2.75, 3.05) is 25.6 Å². The van der Waals surface area contributed by atoms with Crippen molar-refractivity contribution in [1.29, 1.82) is 0 Å². The number of benzene rings is 3. The Hall–Kier alpha value is -4.10. The molecule has 35 heavy (non-hydrogen) atoms. The lowest BCUT2D eigenvalue weighted by Crippen LogP contribution is -2.21. The maximum Gasteiger partial charge on any atom is 0.341 e. The quantitative estimate of drug-likeness (QED) is 0.281. The van der Waals surface area contributed by atoms with Gasteiger partial charge in [-0.3, -0.25) is 4.79 Å². The molecule has 7 heteroatoms. The molecule has 4 aromatic rings. The Morgan fingerprint density at radius 2 is 1.40 bits per heavy atom. The maximum atomic E-state index is 12.6. The van der Waals surface area contributed by atoms with E-state index in [0.717, 1.165) is 22.4 Å². The predicted octanol–water partition coefficient (Wildman–Crippen LogP) is 6.28. The molecule has 178 valence electrons. The van der Waals surface area contributed by atoms with Gasteiger partial charge in [0.05, 0.1) is 13.7 Å². The fraction of sp³-hybridized carbons (Fsp3) is 0.143. The molecule has 0 bridgehead atoms. The van der Waals surface area contributed by atoms with Gasteiger partial charge in [0.25, 0.3) is 5.91 Å². The molecule has 0 aliphatic heterocycles. The SMILES string of the molecule is CCOc1ccc(-c2csc(NC(=O)COc3ccc(-c4ccccc4)cc3)c2C(=O)OC)cc1. The number of ether oxygens (including phenoxy) is 3. The Morgan fingerprint density at radius 1 is 0.800 bits per heavy atom. The number of carbonyl (C=O) groups excluding carboxylic acids is 2. The first-order valence-corrected chi connectivity index (χ1v) is 12.0. The number of anilines is 1. The lowest BCUT2D eigenvalue weighted by molar-refractivity contribution is -0.118. The van der Waals surface area contributed by atoms with Crippen LogP contribution in [-0.4, -0.2) is 32.2 Å². The largest absolute Gasteiger partial charge is 0.494 e. The van der Waals surface area contributed by atoms with Gasteiger partial charge in [-0.2, -0.15) is 0 Å². The van der Waals surface area contributed by atoms with Gasteiger partial charge < -0.3 is 19.5 Å². The topological polar surface area (TPSA) is 73.9 Å². The number of amides is 1. The molecule has 1 amide bonds. The van der Waals surface area contributed by atoms with E-state index in [2.05, 4.69) is 5.32 Å². The summed E-state index contributed by atoms with van der Waals surface area (Å²) in [6.07, 6.45) is 0. The van der Waals surface area contributed by atoms with Crippen molar-refractivity contribution < 1.29 is 23.8 Å². The van der Waals surface area contributed by atoms with Crippen molar-refractivity contribution in [1.82, 2.24) is 0 Å². The van der Waals surface area contributed by atoms with Gasteiger partial charge in [-0.05, 0) is 47.9 Å². The van der Waals surface area contributed by atoms with Gasteiger partial charge in [-0.15, -0.1) is 11.3 Å². The molecule has 4 rings (SSSR count). The molecular formula is C28H25NO5S. The van der Waals surface area contributed by atoms with Gasteiger partial charge in [0.15, 0.2) is 6.61 Å². The van der Waals surface area contributed by atoms with Crippen molar-refractivity contribution in [3.63, 3.8) is 0 Å². The molecule has 1 N–H and O–H groups in total. The van der Waals surface area contributed by atoms with Crippen LogP contribution in [0.1, 0.15) is 17.3 Å². The Labute approximate surface area is 208 Å². The highest BCUT2D eigenvalue weighted by Crippen LogP contribution is 2.36. The highest BCUT2D eigenvalue weighted by molar-refractivity contribution is 7.15. The van der Waals surface area contributed by atoms with Crippen molar-refractivity contribution in [2.24, 2.45) is 0 Å². The molecule has 3 aromatic carbocycles. The summed E-state index contributed by atoms with van der Waals surface area (Å²) in [5, 5.41) is 5.02. The van der Waals surface area contributed by atoms with Crippen LogP contribution in [0.25, 0.3) is 22.3 Å². The van der Waals surface area contributed by atoms with Gasteiger partial charge in [-0.1, -0.05) is 54.6 Å². The molecular weight excluding hydrogens is 462 g/mol. The monoisotopic (exact) mass is 487 g/mol. The molecule has 0 radical (unpaired) electrons. The molecule has 0 spiro atoms. The summed E-state index contributed by atoms with van der Waals surface area (Å²) >= 11 is 1.26. The average molecular weight is 488 g/mol. The number of rotatable bonds is 9. The van der Waals surface area contributed by atoms with Crippen molar-refractivity contribution in [3.05, 3.63) is 89.8 Å². The van der Waals surface area contributed by atoms with Gasteiger partial charge in [0.1, 0.15) is 22.1 Å². The zero-order valence-corrected chi connectivity index (χ0v) is 20.3.